The minimum atomic E-state index is -0.389. The molecular formula is C20H21N5O2. The van der Waals surface area contributed by atoms with Crippen LogP contribution in [-0.4, -0.2) is 26.4 Å². The number of furan rings is 1. The number of anilines is 1. The zero-order chi connectivity index (χ0) is 18.6. The third-order valence-corrected chi connectivity index (χ3v) is 5.57. The summed E-state index contributed by atoms with van der Waals surface area (Å²) in [5, 5.41) is 7.28. The van der Waals surface area contributed by atoms with E-state index in [2.05, 4.69) is 32.5 Å². The Kier molecular flexibility index (Phi) is 3.32. The Labute approximate surface area is 156 Å². The second-order valence-electron chi connectivity index (χ2n) is 7.87. The van der Waals surface area contributed by atoms with Gasteiger partial charge in [-0.2, -0.15) is 0 Å². The Morgan fingerprint density at radius 2 is 1.96 bits per heavy atom. The molecule has 2 fully saturated rings. The number of hydrogen-bond acceptors (Lipinski definition) is 6. The molecule has 3 aromatic rings. The van der Waals surface area contributed by atoms with Crippen molar-refractivity contribution in [3.05, 3.63) is 47.7 Å². The van der Waals surface area contributed by atoms with Gasteiger partial charge in [0.15, 0.2) is 0 Å². The van der Waals surface area contributed by atoms with Crippen LogP contribution in [0.15, 0.2) is 35.1 Å². The summed E-state index contributed by atoms with van der Waals surface area (Å²) in [4.78, 5) is 26.3. The predicted molar refractivity (Wildman–Crippen MR) is 100 cm³/mol. The Morgan fingerprint density at radius 1 is 1.15 bits per heavy atom. The first-order valence-electron chi connectivity index (χ1n) is 9.26. The first-order valence-corrected chi connectivity index (χ1v) is 9.26. The summed E-state index contributed by atoms with van der Waals surface area (Å²) >= 11 is 0. The van der Waals surface area contributed by atoms with E-state index in [0.29, 0.717) is 28.2 Å². The summed E-state index contributed by atoms with van der Waals surface area (Å²) in [6, 6.07) is 5.78. The number of rotatable bonds is 5. The molecule has 27 heavy (non-hydrogen) atoms. The van der Waals surface area contributed by atoms with Crippen LogP contribution >= 0.6 is 0 Å². The van der Waals surface area contributed by atoms with Crippen LogP contribution < -0.4 is 10.6 Å². The van der Waals surface area contributed by atoms with E-state index in [1.807, 2.05) is 18.2 Å². The van der Waals surface area contributed by atoms with E-state index in [9.17, 15) is 4.79 Å². The van der Waals surface area contributed by atoms with Gasteiger partial charge in [0.1, 0.15) is 17.9 Å². The highest BCUT2D eigenvalue weighted by Crippen LogP contribution is 2.45. The summed E-state index contributed by atoms with van der Waals surface area (Å²) in [7, 11) is 0. The smallest absolute Gasteiger partial charge is 0.256 e. The van der Waals surface area contributed by atoms with E-state index in [0.717, 1.165) is 31.4 Å². The molecule has 2 aliphatic rings. The van der Waals surface area contributed by atoms with Crippen LogP contribution in [0.2, 0.25) is 0 Å². The average Bonchev–Trinajstić information content (AvgIpc) is 3.56. The molecule has 3 heterocycles. The highest BCUT2D eigenvalue weighted by atomic mass is 16.3. The average molecular weight is 363 g/mol. The number of aromatic nitrogens is 3. The highest BCUT2D eigenvalue weighted by Gasteiger charge is 2.47. The lowest BCUT2D eigenvalue weighted by Gasteiger charge is -2.17. The Morgan fingerprint density at radius 3 is 2.63 bits per heavy atom. The number of carbonyl (C=O) groups is 1. The summed E-state index contributed by atoms with van der Waals surface area (Å²) in [6.45, 7) is 3.94. The molecule has 0 bridgehead atoms. The molecule has 0 unspecified atom stereocenters. The van der Waals surface area contributed by atoms with Crippen LogP contribution in [0.25, 0.3) is 11.1 Å². The van der Waals surface area contributed by atoms with Crippen molar-refractivity contribution >= 4 is 22.8 Å². The summed E-state index contributed by atoms with van der Waals surface area (Å²) in [5.74, 6) is 1.03. The van der Waals surface area contributed by atoms with Gasteiger partial charge in [-0.05, 0) is 51.7 Å². The van der Waals surface area contributed by atoms with Crippen LogP contribution in [0.1, 0.15) is 54.4 Å². The van der Waals surface area contributed by atoms with Gasteiger partial charge in [-0.1, -0.05) is 6.07 Å². The molecule has 0 aromatic carbocycles. The second-order valence-corrected chi connectivity index (χ2v) is 7.87. The van der Waals surface area contributed by atoms with Crippen molar-refractivity contribution in [3.8, 4) is 0 Å². The summed E-state index contributed by atoms with van der Waals surface area (Å²) in [5.41, 5.74) is 1.47. The van der Waals surface area contributed by atoms with Crippen molar-refractivity contribution in [2.45, 2.75) is 50.6 Å². The molecule has 2 aliphatic carbocycles. The van der Waals surface area contributed by atoms with Gasteiger partial charge in [0.2, 0.25) is 5.71 Å². The molecule has 5 rings (SSSR count). The minimum absolute atomic E-state index is 0.0336. The molecule has 1 amide bonds. The van der Waals surface area contributed by atoms with Crippen molar-refractivity contribution < 1.29 is 9.21 Å². The number of nitrogens with zero attached hydrogens (tertiary/aromatic N) is 3. The van der Waals surface area contributed by atoms with Crippen molar-refractivity contribution in [1.29, 1.82) is 0 Å². The maximum atomic E-state index is 13.2. The van der Waals surface area contributed by atoms with E-state index in [1.165, 1.54) is 6.33 Å². The molecule has 0 atom stereocenters. The predicted octanol–water partition coefficient (Wildman–Crippen LogP) is 3.31. The molecule has 3 aromatic heterocycles. The van der Waals surface area contributed by atoms with Crippen LogP contribution in [0.4, 0.5) is 5.82 Å². The Bertz CT molecular complexity index is 1040. The van der Waals surface area contributed by atoms with Crippen molar-refractivity contribution in [2.75, 3.05) is 5.32 Å². The zero-order valence-corrected chi connectivity index (χ0v) is 15.4. The van der Waals surface area contributed by atoms with Crippen molar-refractivity contribution in [1.82, 2.24) is 20.3 Å². The first-order chi connectivity index (χ1) is 13.0. The van der Waals surface area contributed by atoms with E-state index in [1.54, 1.807) is 13.1 Å². The van der Waals surface area contributed by atoms with Gasteiger partial charge >= 0.3 is 0 Å². The topological polar surface area (TPSA) is 92.9 Å². The van der Waals surface area contributed by atoms with Crippen LogP contribution in [0.5, 0.6) is 0 Å². The number of fused-ring (bicyclic) bond motifs is 1. The fraction of sp³-hybridized carbons (Fsp3) is 0.400. The number of amides is 1. The fourth-order valence-corrected chi connectivity index (χ4v) is 3.51. The van der Waals surface area contributed by atoms with Gasteiger partial charge < -0.3 is 15.1 Å². The van der Waals surface area contributed by atoms with E-state index in [-0.39, 0.29) is 17.0 Å². The first kappa shape index (κ1) is 16.2. The molecule has 0 spiro atoms. The maximum absolute atomic E-state index is 13.2. The van der Waals surface area contributed by atoms with Crippen molar-refractivity contribution in [3.63, 3.8) is 0 Å². The Balaban J connectivity index is 1.53. The zero-order valence-electron chi connectivity index (χ0n) is 15.4. The molecule has 7 nitrogen and oxygen atoms in total. The van der Waals surface area contributed by atoms with Gasteiger partial charge in [-0.25, -0.2) is 9.97 Å². The number of carbonyl (C=O) groups excluding carboxylic acids is 1. The van der Waals surface area contributed by atoms with Crippen LogP contribution in [0, 0.1) is 6.92 Å². The lowest BCUT2D eigenvalue weighted by atomic mass is 10.1. The number of aryl methyl sites for hydroxylation is 1. The molecular weight excluding hydrogens is 342 g/mol. The van der Waals surface area contributed by atoms with Gasteiger partial charge in [-0.3, -0.25) is 9.78 Å². The molecule has 7 heteroatoms. The fourth-order valence-electron chi connectivity index (χ4n) is 3.51. The number of hydrogen-bond donors (Lipinski definition) is 2. The van der Waals surface area contributed by atoms with E-state index >= 15 is 0 Å². The SMILES string of the molecule is Cc1oc2ncnc(NC3(C)CC3)c2c1C(=O)NC1(c2ccccn2)CC1. The van der Waals surface area contributed by atoms with Gasteiger partial charge in [0, 0.05) is 11.7 Å². The largest absolute Gasteiger partial charge is 0.442 e. The molecule has 0 aliphatic heterocycles. The molecule has 2 saturated carbocycles. The molecule has 2 N–H and O–H groups in total. The molecule has 0 saturated heterocycles. The van der Waals surface area contributed by atoms with E-state index in [4.69, 9.17) is 4.42 Å². The lowest BCUT2D eigenvalue weighted by molar-refractivity contribution is 0.0929. The third kappa shape index (κ3) is 2.74. The summed E-state index contributed by atoms with van der Waals surface area (Å²) < 4.78 is 5.77. The van der Waals surface area contributed by atoms with E-state index < -0.39 is 0 Å². The quantitative estimate of drug-likeness (QED) is 0.722. The standard InChI is InChI=1S/C20H21N5O2/c1-12-14(17(26)25-20(8-9-20)13-5-3-4-10-21-13)15-16(24-19(2)6-7-19)22-11-23-18(15)27-12/h3-5,10-11H,6-9H2,1-2H3,(H,25,26)(H,22,23,24). The summed E-state index contributed by atoms with van der Waals surface area (Å²) in [6.07, 6.45) is 7.15. The number of pyridine rings is 1. The maximum Gasteiger partial charge on any atom is 0.256 e. The minimum Gasteiger partial charge on any atom is -0.442 e. The highest BCUT2D eigenvalue weighted by molar-refractivity contribution is 6.10. The van der Waals surface area contributed by atoms with Crippen molar-refractivity contribution in [2.24, 2.45) is 0 Å². The normalized spacial score (nSPS) is 18.9. The third-order valence-electron chi connectivity index (χ3n) is 5.57. The molecule has 0 radical (unpaired) electrons. The van der Waals surface area contributed by atoms with Crippen LogP contribution in [-0.2, 0) is 5.54 Å². The van der Waals surface area contributed by atoms with Gasteiger partial charge in [0.25, 0.3) is 5.91 Å². The molecule has 138 valence electrons. The number of nitrogens with one attached hydrogen (secondary N) is 2. The monoisotopic (exact) mass is 363 g/mol. The second kappa shape index (κ2) is 5.52. The Hall–Kier alpha value is -2.96. The lowest BCUT2D eigenvalue weighted by Crippen LogP contribution is -2.35. The van der Waals surface area contributed by atoms with Gasteiger partial charge in [-0.15, -0.1) is 0 Å². The van der Waals surface area contributed by atoms with Gasteiger partial charge in [0.05, 0.1) is 22.2 Å². The van der Waals surface area contributed by atoms with Crippen LogP contribution in [0.3, 0.4) is 0 Å².